The van der Waals surface area contributed by atoms with Gasteiger partial charge in [-0.05, 0) is 29.9 Å². The van der Waals surface area contributed by atoms with Crippen LogP contribution in [0.25, 0.3) is 0 Å². The van der Waals surface area contributed by atoms with E-state index in [1.54, 1.807) is 10.9 Å². The molecule has 0 saturated heterocycles. The van der Waals surface area contributed by atoms with Crippen LogP contribution < -0.4 is 5.32 Å². The van der Waals surface area contributed by atoms with Crippen LogP contribution in [0.3, 0.4) is 0 Å². The van der Waals surface area contributed by atoms with E-state index in [2.05, 4.69) is 20.0 Å². The highest BCUT2D eigenvalue weighted by Crippen LogP contribution is 2.12. The van der Waals surface area contributed by atoms with E-state index in [4.69, 9.17) is 0 Å². The molecule has 7 nitrogen and oxygen atoms in total. The number of aromatic nitrogens is 4. The van der Waals surface area contributed by atoms with Gasteiger partial charge in [-0.15, -0.1) is 5.10 Å². The molecule has 0 unspecified atom stereocenters. The minimum absolute atomic E-state index is 0.0107. The second-order valence-corrected chi connectivity index (χ2v) is 5.64. The first-order chi connectivity index (χ1) is 10.1. The quantitative estimate of drug-likeness (QED) is 0.773. The van der Waals surface area contributed by atoms with Crippen LogP contribution in [0.5, 0.6) is 0 Å². The second kappa shape index (κ2) is 7.28. The molecule has 0 aliphatic heterocycles. The Morgan fingerprint density at radius 2 is 2.38 bits per heavy atom. The fourth-order valence-corrected chi connectivity index (χ4v) is 2.71. The third-order valence-electron chi connectivity index (χ3n) is 3.19. The maximum Gasteiger partial charge on any atom is 0.264 e. The monoisotopic (exact) mass is 309 g/mol. The molecule has 21 heavy (non-hydrogen) atoms. The summed E-state index contributed by atoms with van der Waals surface area (Å²) in [6.07, 6.45) is 5.03. The largest absolute Gasteiger partial charge is 0.396 e. The number of hydrogen-bond acceptors (Lipinski definition) is 6. The lowest BCUT2D eigenvalue weighted by molar-refractivity contribution is 0.0943. The average molecular weight is 309 g/mol. The molecule has 0 bridgehead atoms. The number of carbonyl (C=O) groups excluding carboxylic acids is 1. The smallest absolute Gasteiger partial charge is 0.264 e. The highest BCUT2D eigenvalue weighted by Gasteiger charge is 2.17. The fraction of sp³-hybridized carbons (Fsp3) is 0.538. The third-order valence-corrected chi connectivity index (χ3v) is 3.96. The molecule has 8 heteroatoms. The molecule has 0 aromatic carbocycles. The van der Waals surface area contributed by atoms with E-state index >= 15 is 0 Å². The van der Waals surface area contributed by atoms with Gasteiger partial charge < -0.3 is 10.4 Å². The molecule has 114 valence electrons. The summed E-state index contributed by atoms with van der Waals surface area (Å²) in [5, 5.41) is 20.3. The van der Waals surface area contributed by atoms with Crippen molar-refractivity contribution in [2.24, 2.45) is 13.0 Å². The Labute approximate surface area is 127 Å². The molecule has 2 rings (SSSR count). The van der Waals surface area contributed by atoms with Crippen LogP contribution in [0.1, 0.15) is 27.9 Å². The number of carbonyl (C=O) groups is 1. The highest BCUT2D eigenvalue weighted by atomic mass is 32.1. The van der Waals surface area contributed by atoms with Crippen molar-refractivity contribution in [2.75, 3.05) is 13.2 Å². The Bertz CT molecular complexity index is 595. The molecule has 0 aliphatic rings. The molecule has 2 aromatic rings. The molecule has 0 fully saturated rings. The number of aryl methyl sites for hydroxylation is 2. The molecule has 0 radical (unpaired) electrons. The third kappa shape index (κ3) is 4.08. The second-order valence-electron chi connectivity index (χ2n) is 4.89. The van der Waals surface area contributed by atoms with Gasteiger partial charge in [0, 0.05) is 32.3 Å². The summed E-state index contributed by atoms with van der Waals surface area (Å²) < 4.78 is 5.52. The molecule has 0 saturated carbocycles. The number of aliphatic hydroxyl groups excluding tert-OH is 1. The van der Waals surface area contributed by atoms with Crippen LogP contribution in [0.4, 0.5) is 0 Å². The maximum absolute atomic E-state index is 12.1. The van der Waals surface area contributed by atoms with E-state index in [9.17, 15) is 9.90 Å². The van der Waals surface area contributed by atoms with Gasteiger partial charge in [0.25, 0.3) is 5.91 Å². The van der Waals surface area contributed by atoms with Crippen molar-refractivity contribution < 1.29 is 9.90 Å². The van der Waals surface area contributed by atoms with Crippen LogP contribution in [-0.4, -0.2) is 43.5 Å². The Morgan fingerprint density at radius 3 is 3.00 bits per heavy atom. The number of nitrogens with one attached hydrogen (secondary N) is 1. The molecular formula is C13H19N5O2S. The Balaban J connectivity index is 1.89. The van der Waals surface area contributed by atoms with Crippen LogP contribution in [0.15, 0.2) is 12.4 Å². The first-order valence-corrected chi connectivity index (χ1v) is 7.59. The molecule has 2 aromatic heterocycles. The summed E-state index contributed by atoms with van der Waals surface area (Å²) in [5.41, 5.74) is 1.75. The van der Waals surface area contributed by atoms with Gasteiger partial charge in [-0.2, -0.15) is 5.10 Å². The lowest BCUT2D eigenvalue weighted by atomic mass is 10.0. The predicted molar refractivity (Wildman–Crippen MR) is 79.1 cm³/mol. The van der Waals surface area contributed by atoms with Gasteiger partial charge in [0.1, 0.15) is 4.88 Å². The molecule has 2 heterocycles. The summed E-state index contributed by atoms with van der Waals surface area (Å²) in [6.45, 7) is 2.36. The Hall–Kier alpha value is -1.80. The van der Waals surface area contributed by atoms with Crippen molar-refractivity contribution >= 4 is 17.4 Å². The SMILES string of the molecule is CCc1nnsc1C(=O)NC[C@@H](CO)Cc1cnn(C)c1. The van der Waals surface area contributed by atoms with Gasteiger partial charge in [0.15, 0.2) is 0 Å². The normalized spacial score (nSPS) is 12.3. The van der Waals surface area contributed by atoms with E-state index in [1.807, 2.05) is 20.2 Å². The van der Waals surface area contributed by atoms with Crippen molar-refractivity contribution in [3.63, 3.8) is 0 Å². The van der Waals surface area contributed by atoms with Crippen molar-refractivity contribution in [1.82, 2.24) is 24.7 Å². The van der Waals surface area contributed by atoms with Crippen LogP contribution in [0, 0.1) is 5.92 Å². The van der Waals surface area contributed by atoms with E-state index in [0.717, 1.165) is 17.1 Å². The zero-order chi connectivity index (χ0) is 15.2. The summed E-state index contributed by atoms with van der Waals surface area (Å²) >= 11 is 1.10. The first kappa shape index (κ1) is 15.6. The minimum atomic E-state index is -0.175. The van der Waals surface area contributed by atoms with Gasteiger partial charge in [0.2, 0.25) is 0 Å². The topological polar surface area (TPSA) is 92.9 Å². The summed E-state index contributed by atoms with van der Waals surface area (Å²) in [4.78, 5) is 12.6. The number of hydrogen-bond donors (Lipinski definition) is 2. The van der Waals surface area contributed by atoms with Crippen molar-refractivity contribution in [1.29, 1.82) is 0 Å². The molecule has 1 amide bonds. The van der Waals surface area contributed by atoms with Crippen molar-refractivity contribution in [2.45, 2.75) is 19.8 Å². The Morgan fingerprint density at radius 1 is 1.57 bits per heavy atom. The van der Waals surface area contributed by atoms with E-state index in [1.165, 1.54) is 0 Å². The van der Waals surface area contributed by atoms with Gasteiger partial charge >= 0.3 is 0 Å². The van der Waals surface area contributed by atoms with Gasteiger partial charge in [-0.1, -0.05) is 11.4 Å². The van der Waals surface area contributed by atoms with Gasteiger partial charge in [-0.25, -0.2) is 0 Å². The molecule has 0 aliphatic carbocycles. The summed E-state index contributed by atoms with van der Waals surface area (Å²) in [6, 6.07) is 0. The summed E-state index contributed by atoms with van der Waals surface area (Å²) in [5.74, 6) is -0.212. The van der Waals surface area contributed by atoms with Crippen LogP contribution in [0.2, 0.25) is 0 Å². The van der Waals surface area contributed by atoms with Crippen LogP contribution >= 0.6 is 11.5 Å². The number of aliphatic hydroxyl groups is 1. The average Bonchev–Trinajstić information content (AvgIpc) is 3.11. The minimum Gasteiger partial charge on any atom is -0.396 e. The van der Waals surface area contributed by atoms with E-state index in [0.29, 0.717) is 30.0 Å². The highest BCUT2D eigenvalue weighted by molar-refractivity contribution is 7.08. The lowest BCUT2D eigenvalue weighted by Crippen LogP contribution is -2.31. The lowest BCUT2D eigenvalue weighted by Gasteiger charge is -2.13. The Kier molecular flexibility index (Phi) is 5.40. The maximum atomic E-state index is 12.1. The first-order valence-electron chi connectivity index (χ1n) is 6.81. The van der Waals surface area contributed by atoms with E-state index < -0.39 is 0 Å². The zero-order valence-electron chi connectivity index (χ0n) is 12.1. The van der Waals surface area contributed by atoms with Gasteiger partial charge in [0.05, 0.1) is 11.9 Å². The number of nitrogens with zero attached hydrogens (tertiary/aromatic N) is 4. The zero-order valence-corrected chi connectivity index (χ0v) is 12.9. The predicted octanol–water partition coefficient (Wildman–Crippen LogP) is 0.415. The standard InChI is InChI=1S/C13H19N5O2S/c1-3-11-12(21-17-16-11)13(20)14-5-10(8-19)4-9-6-15-18(2)7-9/h6-7,10,19H,3-5,8H2,1-2H3,(H,14,20)/t10-/m0/s1. The fourth-order valence-electron chi connectivity index (χ4n) is 2.04. The van der Waals surface area contributed by atoms with E-state index in [-0.39, 0.29) is 18.4 Å². The summed E-state index contributed by atoms with van der Waals surface area (Å²) in [7, 11) is 1.85. The number of rotatable bonds is 7. The molecule has 1 atom stereocenters. The molecule has 2 N–H and O–H groups in total. The molecular weight excluding hydrogens is 290 g/mol. The van der Waals surface area contributed by atoms with Gasteiger partial charge in [-0.3, -0.25) is 9.48 Å². The van der Waals surface area contributed by atoms with Crippen LogP contribution in [-0.2, 0) is 19.9 Å². The molecule has 0 spiro atoms. The van der Waals surface area contributed by atoms with Crippen molar-refractivity contribution in [3.05, 3.63) is 28.5 Å². The van der Waals surface area contributed by atoms with Crippen molar-refractivity contribution in [3.8, 4) is 0 Å². The number of amides is 1.